The third-order valence-corrected chi connectivity index (χ3v) is 5.00. The molecule has 5 heteroatoms. The van der Waals surface area contributed by atoms with E-state index in [0.29, 0.717) is 18.0 Å². The van der Waals surface area contributed by atoms with Gasteiger partial charge < -0.3 is 10.2 Å². The summed E-state index contributed by atoms with van der Waals surface area (Å²) < 4.78 is 14.2. The van der Waals surface area contributed by atoms with Crippen molar-refractivity contribution in [3.63, 3.8) is 0 Å². The van der Waals surface area contributed by atoms with Gasteiger partial charge in [0.1, 0.15) is 11.9 Å². The lowest BCUT2D eigenvalue weighted by Crippen LogP contribution is -2.48. The van der Waals surface area contributed by atoms with E-state index >= 15 is 0 Å². The molecule has 0 radical (unpaired) electrons. The Bertz CT molecular complexity index is 864. The maximum atomic E-state index is 14.2. The molecule has 0 saturated carbocycles. The van der Waals surface area contributed by atoms with Gasteiger partial charge in [-0.05, 0) is 43.9 Å². The van der Waals surface area contributed by atoms with Crippen LogP contribution in [-0.4, -0.2) is 29.3 Å². The molecule has 156 valence electrons. The highest BCUT2D eigenvalue weighted by Gasteiger charge is 2.27. The Hall–Kier alpha value is -2.69. The van der Waals surface area contributed by atoms with Crippen molar-refractivity contribution in [1.82, 2.24) is 10.2 Å². The number of aryl methyl sites for hydroxylation is 2. The van der Waals surface area contributed by atoms with E-state index in [1.165, 1.54) is 11.0 Å². The molecule has 0 aliphatic rings. The van der Waals surface area contributed by atoms with Crippen LogP contribution in [0.15, 0.2) is 42.5 Å². The molecule has 2 aromatic carbocycles. The SMILES string of the molecule is Cc1ccc(C)c(CC(=O)N(Cc2ccccc2F)C(C)C(=O)NCC(C)C)c1. The average molecular weight is 399 g/mol. The number of nitrogens with zero attached hydrogens (tertiary/aromatic N) is 1. The zero-order chi connectivity index (χ0) is 21.6. The molecule has 1 N–H and O–H groups in total. The van der Waals surface area contributed by atoms with Crippen molar-refractivity contribution in [1.29, 1.82) is 0 Å². The second-order valence-electron chi connectivity index (χ2n) is 8.03. The molecule has 0 bridgehead atoms. The molecule has 2 aromatic rings. The van der Waals surface area contributed by atoms with Gasteiger partial charge in [0, 0.05) is 18.7 Å². The van der Waals surface area contributed by atoms with Gasteiger partial charge in [-0.25, -0.2) is 4.39 Å². The zero-order valence-corrected chi connectivity index (χ0v) is 18.0. The van der Waals surface area contributed by atoms with Gasteiger partial charge in [0.2, 0.25) is 11.8 Å². The van der Waals surface area contributed by atoms with Crippen LogP contribution in [0.1, 0.15) is 43.0 Å². The predicted molar refractivity (Wildman–Crippen MR) is 114 cm³/mol. The van der Waals surface area contributed by atoms with E-state index < -0.39 is 6.04 Å². The average Bonchev–Trinajstić information content (AvgIpc) is 2.67. The fourth-order valence-electron chi connectivity index (χ4n) is 3.10. The van der Waals surface area contributed by atoms with E-state index in [4.69, 9.17) is 0 Å². The third kappa shape index (κ3) is 6.41. The van der Waals surface area contributed by atoms with Gasteiger partial charge in [-0.2, -0.15) is 0 Å². The predicted octanol–water partition coefficient (Wildman–Crippen LogP) is 4.17. The Kier molecular flexibility index (Phi) is 7.94. The Morgan fingerprint density at radius 1 is 1.03 bits per heavy atom. The molecule has 4 nitrogen and oxygen atoms in total. The zero-order valence-electron chi connectivity index (χ0n) is 18.0. The minimum Gasteiger partial charge on any atom is -0.354 e. The highest BCUT2D eigenvalue weighted by atomic mass is 19.1. The Morgan fingerprint density at radius 2 is 1.72 bits per heavy atom. The van der Waals surface area contributed by atoms with E-state index in [9.17, 15) is 14.0 Å². The maximum Gasteiger partial charge on any atom is 0.242 e. The Morgan fingerprint density at radius 3 is 2.38 bits per heavy atom. The van der Waals surface area contributed by atoms with E-state index in [-0.39, 0.29) is 30.6 Å². The molecule has 0 aromatic heterocycles. The topological polar surface area (TPSA) is 49.4 Å². The molecule has 0 heterocycles. The number of nitrogens with one attached hydrogen (secondary N) is 1. The molecule has 2 rings (SSSR count). The smallest absolute Gasteiger partial charge is 0.242 e. The second-order valence-corrected chi connectivity index (χ2v) is 8.03. The number of amides is 2. The first kappa shape index (κ1) is 22.6. The third-order valence-electron chi connectivity index (χ3n) is 5.00. The summed E-state index contributed by atoms with van der Waals surface area (Å²) in [6, 6.07) is 11.6. The summed E-state index contributed by atoms with van der Waals surface area (Å²) in [5.74, 6) is -0.512. The lowest BCUT2D eigenvalue weighted by molar-refractivity contribution is -0.140. The molecule has 2 amide bonds. The number of benzene rings is 2. The summed E-state index contributed by atoms with van der Waals surface area (Å²) in [7, 11) is 0. The Balaban J connectivity index is 2.27. The highest BCUT2D eigenvalue weighted by Crippen LogP contribution is 2.17. The second kappa shape index (κ2) is 10.2. The largest absolute Gasteiger partial charge is 0.354 e. The van der Waals surface area contributed by atoms with Crippen LogP contribution in [0.3, 0.4) is 0 Å². The minimum atomic E-state index is -0.703. The monoisotopic (exact) mass is 398 g/mol. The number of carbonyl (C=O) groups is 2. The summed E-state index contributed by atoms with van der Waals surface area (Å²) in [5.41, 5.74) is 3.40. The van der Waals surface area contributed by atoms with Crippen LogP contribution in [-0.2, 0) is 22.6 Å². The van der Waals surface area contributed by atoms with Crippen molar-refractivity contribution >= 4 is 11.8 Å². The van der Waals surface area contributed by atoms with Gasteiger partial charge in [0.05, 0.1) is 6.42 Å². The number of hydrogen-bond acceptors (Lipinski definition) is 2. The summed E-state index contributed by atoms with van der Waals surface area (Å²) in [5, 5.41) is 2.88. The Labute approximate surface area is 173 Å². The van der Waals surface area contributed by atoms with Gasteiger partial charge in [-0.1, -0.05) is 55.8 Å². The summed E-state index contributed by atoms with van der Waals surface area (Å²) in [4.78, 5) is 27.3. The summed E-state index contributed by atoms with van der Waals surface area (Å²) >= 11 is 0. The molecule has 1 unspecified atom stereocenters. The fourth-order valence-corrected chi connectivity index (χ4v) is 3.10. The van der Waals surface area contributed by atoms with Crippen LogP contribution in [0, 0.1) is 25.6 Å². The van der Waals surface area contributed by atoms with Gasteiger partial charge in [-0.15, -0.1) is 0 Å². The van der Waals surface area contributed by atoms with Gasteiger partial charge in [0.25, 0.3) is 0 Å². The molecule has 1 atom stereocenters. The lowest BCUT2D eigenvalue weighted by atomic mass is 10.0. The molecule has 29 heavy (non-hydrogen) atoms. The van der Waals surface area contributed by atoms with Crippen LogP contribution < -0.4 is 5.32 Å². The fraction of sp³-hybridized carbons (Fsp3) is 0.417. The van der Waals surface area contributed by atoms with Crippen molar-refractivity contribution in [3.05, 3.63) is 70.5 Å². The van der Waals surface area contributed by atoms with E-state index in [2.05, 4.69) is 5.32 Å². The normalized spacial score (nSPS) is 12.0. The molecule has 0 saturated heterocycles. The molecule has 0 aliphatic carbocycles. The standard InChI is InChI=1S/C24H31FN2O2/c1-16(2)14-26-24(29)19(5)27(15-20-8-6-7-9-22(20)25)23(28)13-21-12-17(3)10-11-18(21)4/h6-12,16,19H,13-15H2,1-5H3,(H,26,29). The number of carbonyl (C=O) groups excluding carboxylic acids is 2. The minimum absolute atomic E-state index is 0.0482. The number of halogens is 1. The number of hydrogen-bond donors (Lipinski definition) is 1. The summed E-state index contributed by atoms with van der Waals surface area (Å²) in [6.45, 7) is 10.2. The quantitative estimate of drug-likeness (QED) is 0.725. The van der Waals surface area contributed by atoms with Crippen LogP contribution >= 0.6 is 0 Å². The molecule has 0 aliphatic heterocycles. The summed E-state index contributed by atoms with van der Waals surface area (Å²) in [6.07, 6.45) is 0.170. The van der Waals surface area contributed by atoms with E-state index in [1.54, 1.807) is 25.1 Å². The van der Waals surface area contributed by atoms with E-state index in [0.717, 1.165) is 16.7 Å². The van der Waals surface area contributed by atoms with E-state index in [1.807, 2.05) is 45.9 Å². The first-order chi connectivity index (χ1) is 13.7. The van der Waals surface area contributed by atoms with Gasteiger partial charge in [-0.3, -0.25) is 9.59 Å². The van der Waals surface area contributed by atoms with Crippen molar-refractivity contribution in [2.75, 3.05) is 6.54 Å². The van der Waals surface area contributed by atoms with Gasteiger partial charge >= 0.3 is 0 Å². The van der Waals surface area contributed by atoms with Gasteiger partial charge in [0.15, 0.2) is 0 Å². The van der Waals surface area contributed by atoms with Crippen molar-refractivity contribution in [3.8, 4) is 0 Å². The van der Waals surface area contributed by atoms with Crippen LogP contribution in [0.4, 0.5) is 4.39 Å². The van der Waals surface area contributed by atoms with Crippen molar-refractivity contribution in [2.45, 2.75) is 53.6 Å². The first-order valence-corrected chi connectivity index (χ1v) is 10.1. The van der Waals surface area contributed by atoms with Crippen LogP contribution in [0.2, 0.25) is 0 Å². The van der Waals surface area contributed by atoms with Crippen LogP contribution in [0.25, 0.3) is 0 Å². The number of rotatable bonds is 8. The van der Waals surface area contributed by atoms with Crippen LogP contribution in [0.5, 0.6) is 0 Å². The molecular formula is C24H31FN2O2. The molecular weight excluding hydrogens is 367 g/mol. The molecule has 0 fully saturated rings. The van der Waals surface area contributed by atoms with Crippen molar-refractivity contribution in [2.24, 2.45) is 5.92 Å². The molecule has 0 spiro atoms. The lowest BCUT2D eigenvalue weighted by Gasteiger charge is -2.29. The first-order valence-electron chi connectivity index (χ1n) is 10.1. The van der Waals surface area contributed by atoms with Crippen molar-refractivity contribution < 1.29 is 14.0 Å². The highest BCUT2D eigenvalue weighted by molar-refractivity contribution is 5.88. The maximum absolute atomic E-state index is 14.2.